The number of aliphatic hydroxyl groups excluding tert-OH is 1. The van der Waals surface area contributed by atoms with Gasteiger partial charge in [0.05, 0.1) is 19.3 Å². The maximum atomic E-state index is 9.68. The molecule has 66 valence electrons. The van der Waals surface area contributed by atoms with Crippen molar-refractivity contribution in [3.8, 4) is 0 Å². The number of ether oxygens (including phenoxy) is 1. The predicted molar refractivity (Wildman–Crippen MR) is 44.5 cm³/mol. The summed E-state index contributed by atoms with van der Waals surface area (Å²) in [6.07, 6.45) is 2.93. The second kappa shape index (κ2) is 3.55. The zero-order valence-electron chi connectivity index (χ0n) is 7.47. The molecule has 1 unspecified atom stereocenters. The van der Waals surface area contributed by atoms with Crippen LogP contribution in [-0.2, 0) is 4.74 Å². The Balaban J connectivity index is 2.45. The van der Waals surface area contributed by atoms with Crippen molar-refractivity contribution in [1.29, 1.82) is 0 Å². The van der Waals surface area contributed by atoms with Crippen LogP contribution in [0.25, 0.3) is 0 Å². The monoisotopic (exact) mass is 158 g/mol. The molecule has 0 aromatic carbocycles. The van der Waals surface area contributed by atoms with Crippen LogP contribution in [0.4, 0.5) is 0 Å². The van der Waals surface area contributed by atoms with Crippen molar-refractivity contribution in [3.63, 3.8) is 0 Å². The molecule has 1 atom stereocenters. The van der Waals surface area contributed by atoms with E-state index in [1.54, 1.807) is 0 Å². The molecule has 1 heterocycles. The molecule has 1 fully saturated rings. The van der Waals surface area contributed by atoms with Gasteiger partial charge >= 0.3 is 0 Å². The van der Waals surface area contributed by atoms with Gasteiger partial charge in [0.15, 0.2) is 0 Å². The van der Waals surface area contributed by atoms with E-state index in [0.29, 0.717) is 0 Å². The summed E-state index contributed by atoms with van der Waals surface area (Å²) in [6.45, 7) is 5.70. The van der Waals surface area contributed by atoms with Crippen LogP contribution >= 0.6 is 0 Å². The highest BCUT2D eigenvalue weighted by molar-refractivity contribution is 4.90. The summed E-state index contributed by atoms with van der Waals surface area (Å²) in [5, 5.41) is 9.68. The van der Waals surface area contributed by atoms with E-state index >= 15 is 0 Å². The third-order valence-electron chi connectivity index (χ3n) is 2.62. The Hall–Kier alpha value is -0.0800. The molecule has 2 heteroatoms. The van der Waals surface area contributed by atoms with E-state index in [2.05, 4.69) is 6.92 Å². The normalized spacial score (nSPS) is 24.3. The van der Waals surface area contributed by atoms with E-state index in [9.17, 15) is 5.11 Å². The van der Waals surface area contributed by atoms with Crippen molar-refractivity contribution in [1.82, 2.24) is 0 Å². The first-order valence-corrected chi connectivity index (χ1v) is 4.51. The Labute approximate surface area is 68.6 Å². The van der Waals surface area contributed by atoms with Gasteiger partial charge in [-0.15, -0.1) is 0 Å². The highest BCUT2D eigenvalue weighted by Gasteiger charge is 2.43. The average Bonchev–Trinajstić information content (AvgIpc) is 1.95. The van der Waals surface area contributed by atoms with Crippen molar-refractivity contribution in [2.24, 2.45) is 5.41 Å². The maximum absolute atomic E-state index is 9.68. The van der Waals surface area contributed by atoms with E-state index in [0.717, 1.165) is 32.5 Å². The maximum Gasteiger partial charge on any atom is 0.0638 e. The second-order valence-corrected chi connectivity index (χ2v) is 3.53. The van der Waals surface area contributed by atoms with Gasteiger partial charge in [0, 0.05) is 5.41 Å². The number of hydrogen-bond donors (Lipinski definition) is 1. The minimum absolute atomic E-state index is 0.115. The molecule has 0 aliphatic carbocycles. The first-order chi connectivity index (χ1) is 5.25. The quantitative estimate of drug-likeness (QED) is 0.673. The second-order valence-electron chi connectivity index (χ2n) is 3.53. The Morgan fingerprint density at radius 1 is 1.45 bits per heavy atom. The summed E-state index contributed by atoms with van der Waals surface area (Å²) in [7, 11) is 0. The van der Waals surface area contributed by atoms with Crippen molar-refractivity contribution in [3.05, 3.63) is 0 Å². The molecule has 1 saturated heterocycles. The van der Waals surface area contributed by atoms with Crippen LogP contribution in [0.15, 0.2) is 0 Å². The van der Waals surface area contributed by atoms with Crippen LogP contribution in [0.1, 0.15) is 33.1 Å². The minimum atomic E-state index is -0.156. The third kappa shape index (κ3) is 1.57. The summed E-state index contributed by atoms with van der Waals surface area (Å²) >= 11 is 0. The number of rotatable bonds is 4. The standard InChI is InChI=1S/C9H18O2/c1-3-5-9(6-11-7-9)8(10)4-2/h8,10H,3-7H2,1-2H3. The lowest BCUT2D eigenvalue weighted by atomic mass is 9.75. The van der Waals surface area contributed by atoms with Gasteiger partial charge in [-0.2, -0.15) is 0 Å². The summed E-state index contributed by atoms with van der Waals surface area (Å²) in [5.74, 6) is 0. The van der Waals surface area contributed by atoms with Crippen LogP contribution in [0.3, 0.4) is 0 Å². The molecule has 1 N–H and O–H groups in total. The molecule has 0 amide bonds. The highest BCUT2D eigenvalue weighted by atomic mass is 16.5. The van der Waals surface area contributed by atoms with Crippen molar-refractivity contribution in [2.75, 3.05) is 13.2 Å². The van der Waals surface area contributed by atoms with Crippen LogP contribution in [0, 0.1) is 5.41 Å². The van der Waals surface area contributed by atoms with Crippen LogP contribution in [0.2, 0.25) is 0 Å². The van der Waals surface area contributed by atoms with E-state index in [1.807, 2.05) is 6.92 Å². The SMILES string of the molecule is CCCC1(C(O)CC)COC1. The highest BCUT2D eigenvalue weighted by Crippen LogP contribution is 2.37. The molecular formula is C9H18O2. The smallest absolute Gasteiger partial charge is 0.0638 e. The van der Waals surface area contributed by atoms with Gasteiger partial charge in [-0.05, 0) is 12.8 Å². The molecule has 11 heavy (non-hydrogen) atoms. The molecule has 1 aliphatic rings. The first-order valence-electron chi connectivity index (χ1n) is 4.51. The fraction of sp³-hybridized carbons (Fsp3) is 1.00. The zero-order chi connectivity index (χ0) is 8.32. The van der Waals surface area contributed by atoms with Crippen molar-refractivity contribution in [2.45, 2.75) is 39.2 Å². The van der Waals surface area contributed by atoms with Crippen LogP contribution in [0.5, 0.6) is 0 Å². The zero-order valence-corrected chi connectivity index (χ0v) is 7.47. The molecule has 0 spiro atoms. The van der Waals surface area contributed by atoms with E-state index in [4.69, 9.17) is 4.74 Å². The first kappa shape index (κ1) is 9.01. The molecule has 0 bridgehead atoms. The summed E-state index contributed by atoms with van der Waals surface area (Å²) in [4.78, 5) is 0. The topological polar surface area (TPSA) is 29.5 Å². The Morgan fingerprint density at radius 3 is 2.36 bits per heavy atom. The van der Waals surface area contributed by atoms with Crippen molar-refractivity contribution < 1.29 is 9.84 Å². The Kier molecular flexibility index (Phi) is 2.90. The molecule has 0 radical (unpaired) electrons. The molecular weight excluding hydrogens is 140 g/mol. The van der Waals surface area contributed by atoms with Gasteiger partial charge in [-0.3, -0.25) is 0 Å². The van der Waals surface area contributed by atoms with Gasteiger partial charge in [-0.25, -0.2) is 0 Å². The lowest BCUT2D eigenvalue weighted by molar-refractivity contribution is -0.176. The van der Waals surface area contributed by atoms with E-state index < -0.39 is 0 Å². The van der Waals surface area contributed by atoms with Crippen LogP contribution in [-0.4, -0.2) is 24.4 Å². The lowest BCUT2D eigenvalue weighted by Crippen LogP contribution is -2.51. The van der Waals surface area contributed by atoms with Crippen molar-refractivity contribution >= 4 is 0 Å². The largest absolute Gasteiger partial charge is 0.392 e. The third-order valence-corrected chi connectivity index (χ3v) is 2.62. The predicted octanol–water partition coefficient (Wildman–Crippen LogP) is 1.57. The Morgan fingerprint density at radius 2 is 2.09 bits per heavy atom. The van der Waals surface area contributed by atoms with Gasteiger partial charge in [0.2, 0.25) is 0 Å². The molecule has 1 rings (SSSR count). The van der Waals surface area contributed by atoms with Crippen LogP contribution < -0.4 is 0 Å². The van der Waals surface area contributed by atoms with Gasteiger partial charge in [0.25, 0.3) is 0 Å². The van der Waals surface area contributed by atoms with Gasteiger partial charge < -0.3 is 9.84 Å². The minimum Gasteiger partial charge on any atom is -0.392 e. The fourth-order valence-corrected chi connectivity index (χ4v) is 1.80. The molecule has 1 aliphatic heterocycles. The lowest BCUT2D eigenvalue weighted by Gasteiger charge is -2.44. The number of hydrogen-bond acceptors (Lipinski definition) is 2. The van der Waals surface area contributed by atoms with E-state index in [1.165, 1.54) is 0 Å². The summed E-state index contributed by atoms with van der Waals surface area (Å²) < 4.78 is 5.15. The van der Waals surface area contributed by atoms with Gasteiger partial charge in [-0.1, -0.05) is 20.3 Å². The Bertz CT molecular complexity index is 119. The molecule has 0 saturated carbocycles. The summed E-state index contributed by atoms with van der Waals surface area (Å²) in [6, 6.07) is 0. The average molecular weight is 158 g/mol. The van der Waals surface area contributed by atoms with E-state index in [-0.39, 0.29) is 11.5 Å². The molecule has 2 nitrogen and oxygen atoms in total. The molecule has 0 aromatic heterocycles. The van der Waals surface area contributed by atoms with Gasteiger partial charge in [0.1, 0.15) is 0 Å². The number of aliphatic hydroxyl groups is 1. The summed E-state index contributed by atoms with van der Waals surface area (Å²) in [5.41, 5.74) is 0.115. The fourth-order valence-electron chi connectivity index (χ4n) is 1.80. The molecule has 0 aromatic rings.